The Morgan fingerprint density at radius 3 is 2.63 bits per heavy atom. The fourth-order valence-corrected chi connectivity index (χ4v) is 2.45. The van der Waals surface area contributed by atoms with Crippen LogP contribution in [0.5, 0.6) is 5.75 Å². The highest BCUT2D eigenvalue weighted by Crippen LogP contribution is 2.27. The molecule has 0 saturated heterocycles. The number of pyridine rings is 2. The minimum Gasteiger partial charge on any atom is -0.489 e. The van der Waals surface area contributed by atoms with E-state index in [-0.39, 0.29) is 12.0 Å². The lowest BCUT2D eigenvalue weighted by atomic mass is 10.2. The van der Waals surface area contributed by atoms with Crippen LogP contribution in [0.1, 0.15) is 29.8 Å². The summed E-state index contributed by atoms with van der Waals surface area (Å²) in [5.41, 5.74) is 2.27. The van der Waals surface area contributed by atoms with E-state index in [9.17, 15) is 4.79 Å². The maximum atomic E-state index is 12.3. The number of nitrogens with one attached hydrogen (secondary N) is 2. The van der Waals surface area contributed by atoms with E-state index in [0.717, 1.165) is 17.0 Å². The van der Waals surface area contributed by atoms with Crippen LogP contribution in [-0.2, 0) is 6.54 Å². The molecule has 0 spiro atoms. The van der Waals surface area contributed by atoms with Crippen LogP contribution in [0.15, 0.2) is 67.1 Å². The first-order chi connectivity index (χ1) is 13.1. The first-order valence-electron chi connectivity index (χ1n) is 8.77. The number of ether oxygens (including phenoxy) is 1. The van der Waals surface area contributed by atoms with Gasteiger partial charge in [0.2, 0.25) is 0 Å². The van der Waals surface area contributed by atoms with Crippen LogP contribution >= 0.6 is 0 Å². The molecular weight excluding hydrogens is 340 g/mol. The maximum Gasteiger partial charge on any atom is 0.253 e. The highest BCUT2D eigenvalue weighted by molar-refractivity contribution is 5.94. The van der Waals surface area contributed by atoms with E-state index in [2.05, 4.69) is 20.6 Å². The van der Waals surface area contributed by atoms with Gasteiger partial charge in [0.15, 0.2) is 0 Å². The molecule has 6 nitrogen and oxygen atoms in total. The second-order valence-corrected chi connectivity index (χ2v) is 6.26. The Morgan fingerprint density at radius 2 is 1.93 bits per heavy atom. The van der Waals surface area contributed by atoms with E-state index in [1.807, 2.05) is 50.2 Å². The summed E-state index contributed by atoms with van der Waals surface area (Å²) in [5, 5.41) is 6.08. The van der Waals surface area contributed by atoms with Crippen molar-refractivity contribution in [1.29, 1.82) is 0 Å². The van der Waals surface area contributed by atoms with E-state index in [4.69, 9.17) is 4.74 Å². The molecule has 0 radical (unpaired) electrons. The number of rotatable bonds is 7. The van der Waals surface area contributed by atoms with Gasteiger partial charge in [-0.1, -0.05) is 18.2 Å². The van der Waals surface area contributed by atoms with Crippen molar-refractivity contribution in [3.8, 4) is 5.75 Å². The summed E-state index contributed by atoms with van der Waals surface area (Å²) in [7, 11) is 0. The predicted molar refractivity (Wildman–Crippen MR) is 105 cm³/mol. The average Bonchev–Trinajstić information content (AvgIpc) is 2.69. The van der Waals surface area contributed by atoms with Gasteiger partial charge < -0.3 is 15.4 Å². The lowest BCUT2D eigenvalue weighted by Gasteiger charge is -2.15. The number of benzene rings is 1. The highest BCUT2D eigenvalue weighted by Gasteiger charge is 2.08. The van der Waals surface area contributed by atoms with E-state index in [0.29, 0.717) is 17.9 Å². The van der Waals surface area contributed by atoms with E-state index in [1.54, 1.807) is 30.7 Å². The number of hydrogen-bond donors (Lipinski definition) is 2. The van der Waals surface area contributed by atoms with Gasteiger partial charge in [-0.3, -0.25) is 9.78 Å². The van der Waals surface area contributed by atoms with Crippen molar-refractivity contribution in [3.63, 3.8) is 0 Å². The molecule has 1 amide bonds. The van der Waals surface area contributed by atoms with Crippen molar-refractivity contribution in [2.24, 2.45) is 0 Å². The molecule has 6 heteroatoms. The van der Waals surface area contributed by atoms with Gasteiger partial charge >= 0.3 is 0 Å². The Bertz CT molecular complexity index is 880. The van der Waals surface area contributed by atoms with Gasteiger partial charge in [0, 0.05) is 25.1 Å². The van der Waals surface area contributed by atoms with Crippen LogP contribution in [0.25, 0.3) is 0 Å². The van der Waals surface area contributed by atoms with Crippen molar-refractivity contribution >= 4 is 17.4 Å². The monoisotopic (exact) mass is 362 g/mol. The van der Waals surface area contributed by atoms with Crippen LogP contribution in [0, 0.1) is 0 Å². The summed E-state index contributed by atoms with van der Waals surface area (Å²) >= 11 is 0. The molecule has 0 aliphatic heterocycles. The Hall–Kier alpha value is -3.41. The van der Waals surface area contributed by atoms with Crippen LogP contribution in [-0.4, -0.2) is 22.0 Å². The van der Waals surface area contributed by atoms with E-state index in [1.165, 1.54) is 0 Å². The molecule has 0 aliphatic carbocycles. The molecule has 2 heterocycles. The number of hydrogen-bond acceptors (Lipinski definition) is 5. The largest absolute Gasteiger partial charge is 0.489 e. The SMILES string of the molecule is CC(C)Oc1ccccc1Nc1ccc(C(=O)NCc2cccnc2)cn1. The third kappa shape index (κ3) is 5.28. The number of aromatic nitrogens is 2. The third-order valence-electron chi connectivity index (χ3n) is 3.71. The van der Waals surface area contributed by atoms with Crippen molar-refractivity contribution in [2.45, 2.75) is 26.5 Å². The first kappa shape index (κ1) is 18.4. The quantitative estimate of drug-likeness (QED) is 0.666. The van der Waals surface area contributed by atoms with Crippen LogP contribution in [0.2, 0.25) is 0 Å². The molecule has 0 atom stereocenters. The third-order valence-corrected chi connectivity index (χ3v) is 3.71. The Kier molecular flexibility index (Phi) is 5.99. The topological polar surface area (TPSA) is 76.1 Å². The van der Waals surface area contributed by atoms with Crippen LogP contribution in [0.4, 0.5) is 11.5 Å². The second kappa shape index (κ2) is 8.80. The van der Waals surface area contributed by atoms with Crippen LogP contribution in [0.3, 0.4) is 0 Å². The molecule has 0 aliphatic rings. The summed E-state index contributed by atoms with van der Waals surface area (Å²) in [6.45, 7) is 4.38. The molecule has 27 heavy (non-hydrogen) atoms. The number of para-hydroxylation sites is 2. The van der Waals surface area contributed by atoms with Gasteiger partial charge in [-0.25, -0.2) is 4.98 Å². The maximum absolute atomic E-state index is 12.3. The molecular formula is C21H22N4O2. The molecule has 0 bridgehead atoms. The van der Waals surface area contributed by atoms with Crippen molar-refractivity contribution in [2.75, 3.05) is 5.32 Å². The molecule has 0 saturated carbocycles. The summed E-state index contributed by atoms with van der Waals surface area (Å²) < 4.78 is 5.79. The molecule has 3 rings (SSSR count). The second-order valence-electron chi connectivity index (χ2n) is 6.26. The van der Waals surface area contributed by atoms with E-state index >= 15 is 0 Å². The van der Waals surface area contributed by atoms with Gasteiger partial charge in [-0.15, -0.1) is 0 Å². The number of anilines is 2. The van der Waals surface area contributed by atoms with Gasteiger partial charge in [0.05, 0.1) is 17.4 Å². The molecule has 2 N–H and O–H groups in total. The zero-order valence-electron chi connectivity index (χ0n) is 15.3. The van der Waals surface area contributed by atoms with Gasteiger partial charge in [-0.2, -0.15) is 0 Å². The summed E-state index contributed by atoms with van der Waals surface area (Å²) in [5.74, 6) is 1.22. The Balaban J connectivity index is 1.63. The molecule has 3 aromatic rings. The average molecular weight is 362 g/mol. The fourth-order valence-electron chi connectivity index (χ4n) is 2.45. The zero-order valence-corrected chi connectivity index (χ0v) is 15.3. The fraction of sp³-hybridized carbons (Fsp3) is 0.190. The Labute approximate surface area is 158 Å². The normalized spacial score (nSPS) is 10.5. The van der Waals surface area contributed by atoms with Crippen molar-refractivity contribution in [1.82, 2.24) is 15.3 Å². The number of nitrogens with zero attached hydrogens (tertiary/aromatic N) is 2. The van der Waals surface area contributed by atoms with Crippen molar-refractivity contribution in [3.05, 3.63) is 78.2 Å². The van der Waals surface area contributed by atoms with Gasteiger partial charge in [0.1, 0.15) is 11.6 Å². The molecule has 0 fully saturated rings. The number of carbonyl (C=O) groups is 1. The molecule has 138 valence electrons. The smallest absolute Gasteiger partial charge is 0.253 e. The van der Waals surface area contributed by atoms with Crippen molar-refractivity contribution < 1.29 is 9.53 Å². The number of amides is 1. The van der Waals surface area contributed by atoms with Gasteiger partial charge in [0.25, 0.3) is 5.91 Å². The molecule has 1 aromatic carbocycles. The van der Waals surface area contributed by atoms with Crippen LogP contribution < -0.4 is 15.4 Å². The standard InChI is InChI=1S/C21H22N4O2/c1-15(2)27-19-8-4-3-7-18(19)25-20-10-9-17(14-23-20)21(26)24-13-16-6-5-11-22-12-16/h3-12,14-15H,13H2,1-2H3,(H,23,25)(H,24,26). The Morgan fingerprint density at radius 1 is 1.07 bits per heavy atom. The lowest BCUT2D eigenvalue weighted by molar-refractivity contribution is 0.0950. The zero-order chi connectivity index (χ0) is 19.1. The number of carbonyl (C=O) groups excluding carboxylic acids is 1. The predicted octanol–water partition coefficient (Wildman–Crippen LogP) is 3.94. The first-order valence-corrected chi connectivity index (χ1v) is 8.77. The summed E-state index contributed by atoms with van der Waals surface area (Å²) in [6.07, 6.45) is 5.05. The summed E-state index contributed by atoms with van der Waals surface area (Å²) in [6, 6.07) is 14.9. The summed E-state index contributed by atoms with van der Waals surface area (Å²) in [4.78, 5) is 20.6. The molecule has 2 aromatic heterocycles. The highest BCUT2D eigenvalue weighted by atomic mass is 16.5. The van der Waals surface area contributed by atoms with E-state index < -0.39 is 0 Å². The lowest BCUT2D eigenvalue weighted by Crippen LogP contribution is -2.23. The van der Waals surface area contributed by atoms with Gasteiger partial charge in [-0.05, 0) is 49.7 Å². The minimum atomic E-state index is -0.179. The minimum absolute atomic E-state index is 0.0757. The molecule has 0 unspecified atom stereocenters.